The lowest BCUT2D eigenvalue weighted by atomic mass is 10.1. The van der Waals surface area contributed by atoms with Crippen molar-refractivity contribution < 1.29 is 19.8 Å². The Morgan fingerprint density at radius 2 is 1.82 bits per heavy atom. The second kappa shape index (κ2) is 11.4. The lowest BCUT2D eigenvalue weighted by Gasteiger charge is -2.35. The van der Waals surface area contributed by atoms with Gasteiger partial charge >= 0.3 is 6.03 Å². The molecule has 0 unspecified atom stereocenters. The summed E-state index contributed by atoms with van der Waals surface area (Å²) in [5.41, 5.74) is 2.27. The number of pyridine rings is 1. The van der Waals surface area contributed by atoms with Gasteiger partial charge in [-0.05, 0) is 42.7 Å². The number of carbonyl (C=O) groups is 2. The standard InChI is InChI=1S/C19H24N4O2.CH2O2/c24-18-7-5-16(6-8-18)3-1-10-21-19(25)23-13-11-22(12-14-23)17-4-2-9-20-15-17;2-1-3/h2,4-9,15,24H,1,3,10-14H2,(H,21,25);1H,(H,2,3). The molecule has 3 N–H and O–H groups in total. The van der Waals surface area contributed by atoms with Crippen LogP contribution in [-0.4, -0.2) is 65.3 Å². The molecule has 3 rings (SSSR count). The largest absolute Gasteiger partial charge is 0.508 e. The highest BCUT2D eigenvalue weighted by Crippen LogP contribution is 2.14. The number of amides is 2. The number of carboxylic acid groups (broad SMARTS) is 1. The lowest BCUT2D eigenvalue weighted by Crippen LogP contribution is -2.52. The second-order valence-corrected chi connectivity index (χ2v) is 6.29. The van der Waals surface area contributed by atoms with E-state index in [0.29, 0.717) is 6.54 Å². The first-order valence-electron chi connectivity index (χ1n) is 9.17. The van der Waals surface area contributed by atoms with E-state index in [-0.39, 0.29) is 18.3 Å². The van der Waals surface area contributed by atoms with Crippen molar-refractivity contribution >= 4 is 18.2 Å². The molecule has 0 bridgehead atoms. The number of hydrogen-bond donors (Lipinski definition) is 3. The number of urea groups is 1. The minimum Gasteiger partial charge on any atom is -0.508 e. The van der Waals surface area contributed by atoms with Gasteiger partial charge in [0.15, 0.2) is 0 Å². The number of aromatic nitrogens is 1. The molecule has 0 saturated carbocycles. The van der Waals surface area contributed by atoms with Gasteiger partial charge in [0.2, 0.25) is 0 Å². The summed E-state index contributed by atoms with van der Waals surface area (Å²) < 4.78 is 0. The highest BCUT2D eigenvalue weighted by Gasteiger charge is 2.20. The summed E-state index contributed by atoms with van der Waals surface area (Å²) in [4.78, 5) is 28.9. The second-order valence-electron chi connectivity index (χ2n) is 6.29. The van der Waals surface area contributed by atoms with Crippen LogP contribution < -0.4 is 10.2 Å². The Morgan fingerprint density at radius 1 is 1.14 bits per heavy atom. The molecular formula is C20H26N4O4. The SMILES string of the molecule is O=C(NCCCc1ccc(O)cc1)N1CCN(c2cccnc2)CC1.O=CO. The molecule has 0 spiro atoms. The first kappa shape index (κ1) is 21.0. The highest BCUT2D eigenvalue weighted by atomic mass is 16.3. The van der Waals surface area contributed by atoms with Gasteiger partial charge in [-0.1, -0.05) is 12.1 Å². The minimum absolute atomic E-state index is 0.0107. The maximum atomic E-state index is 12.2. The topological polar surface area (TPSA) is 106 Å². The summed E-state index contributed by atoms with van der Waals surface area (Å²) in [5, 5.41) is 19.2. The lowest BCUT2D eigenvalue weighted by molar-refractivity contribution is -0.122. The zero-order valence-electron chi connectivity index (χ0n) is 15.7. The molecule has 1 fully saturated rings. The van der Waals surface area contributed by atoms with E-state index in [1.54, 1.807) is 18.3 Å². The number of carbonyl (C=O) groups excluding carboxylic acids is 1. The Kier molecular flexibility index (Phi) is 8.58. The van der Waals surface area contributed by atoms with E-state index in [2.05, 4.69) is 15.2 Å². The normalized spacial score (nSPS) is 13.3. The molecular weight excluding hydrogens is 360 g/mol. The third-order valence-electron chi connectivity index (χ3n) is 4.43. The predicted molar refractivity (Wildman–Crippen MR) is 107 cm³/mol. The van der Waals surface area contributed by atoms with Crippen molar-refractivity contribution in [3.05, 3.63) is 54.4 Å². The van der Waals surface area contributed by atoms with Crippen molar-refractivity contribution in [2.75, 3.05) is 37.6 Å². The molecule has 1 aromatic carbocycles. The van der Waals surface area contributed by atoms with Crippen molar-refractivity contribution in [2.24, 2.45) is 0 Å². The molecule has 2 aromatic rings. The van der Waals surface area contributed by atoms with Crippen LogP contribution in [0.5, 0.6) is 5.75 Å². The van der Waals surface area contributed by atoms with E-state index >= 15 is 0 Å². The molecule has 28 heavy (non-hydrogen) atoms. The van der Waals surface area contributed by atoms with Crippen LogP contribution in [-0.2, 0) is 11.2 Å². The molecule has 1 aliphatic rings. The molecule has 2 heterocycles. The molecule has 0 radical (unpaired) electrons. The van der Waals surface area contributed by atoms with Crippen molar-refractivity contribution in [2.45, 2.75) is 12.8 Å². The van der Waals surface area contributed by atoms with E-state index in [4.69, 9.17) is 9.90 Å². The first-order chi connectivity index (χ1) is 13.6. The van der Waals surface area contributed by atoms with Crippen molar-refractivity contribution in [1.29, 1.82) is 0 Å². The Hall–Kier alpha value is -3.29. The molecule has 150 valence electrons. The van der Waals surface area contributed by atoms with Gasteiger partial charge in [-0.25, -0.2) is 4.79 Å². The number of phenolic OH excluding ortho intramolecular Hbond substituents is 1. The van der Waals surface area contributed by atoms with Gasteiger partial charge in [0.05, 0.1) is 11.9 Å². The minimum atomic E-state index is -0.250. The van der Waals surface area contributed by atoms with Crippen LogP contribution in [0.4, 0.5) is 10.5 Å². The van der Waals surface area contributed by atoms with Crippen LogP contribution in [0.15, 0.2) is 48.8 Å². The van der Waals surface area contributed by atoms with E-state index in [1.165, 1.54) is 0 Å². The molecule has 0 atom stereocenters. The van der Waals surface area contributed by atoms with Crippen LogP contribution in [0.25, 0.3) is 0 Å². The summed E-state index contributed by atoms with van der Waals surface area (Å²) in [5.74, 6) is 0.280. The maximum absolute atomic E-state index is 12.2. The smallest absolute Gasteiger partial charge is 0.317 e. The highest BCUT2D eigenvalue weighted by molar-refractivity contribution is 5.74. The van der Waals surface area contributed by atoms with Gasteiger partial charge in [0, 0.05) is 38.9 Å². The van der Waals surface area contributed by atoms with Crippen LogP contribution >= 0.6 is 0 Å². The Balaban J connectivity index is 0.000000878. The van der Waals surface area contributed by atoms with E-state index < -0.39 is 0 Å². The molecule has 8 heteroatoms. The first-order valence-corrected chi connectivity index (χ1v) is 9.17. The van der Waals surface area contributed by atoms with Gasteiger partial charge in [-0.2, -0.15) is 0 Å². The van der Waals surface area contributed by atoms with Gasteiger partial charge in [0.25, 0.3) is 6.47 Å². The Bertz CT molecular complexity index is 717. The zero-order valence-corrected chi connectivity index (χ0v) is 15.7. The number of aryl methyl sites for hydroxylation is 1. The Labute approximate surface area is 164 Å². The zero-order chi connectivity index (χ0) is 20.2. The fourth-order valence-electron chi connectivity index (χ4n) is 2.97. The number of aromatic hydroxyl groups is 1. The van der Waals surface area contributed by atoms with Crippen LogP contribution in [0.3, 0.4) is 0 Å². The number of anilines is 1. The Morgan fingerprint density at radius 3 is 2.43 bits per heavy atom. The predicted octanol–water partition coefficient (Wildman–Crippen LogP) is 1.95. The number of nitrogens with zero attached hydrogens (tertiary/aromatic N) is 3. The van der Waals surface area contributed by atoms with Crippen LogP contribution in [0.1, 0.15) is 12.0 Å². The van der Waals surface area contributed by atoms with Gasteiger partial charge < -0.3 is 25.3 Å². The van der Waals surface area contributed by atoms with Gasteiger partial charge in [0.1, 0.15) is 5.75 Å². The third kappa shape index (κ3) is 6.79. The summed E-state index contributed by atoms with van der Waals surface area (Å²) in [7, 11) is 0. The average Bonchev–Trinajstić information content (AvgIpc) is 2.74. The third-order valence-corrected chi connectivity index (χ3v) is 4.43. The summed E-state index contributed by atoms with van der Waals surface area (Å²) in [6, 6.07) is 11.2. The van der Waals surface area contributed by atoms with Crippen LogP contribution in [0, 0.1) is 0 Å². The molecule has 1 saturated heterocycles. The number of piperazine rings is 1. The number of hydrogen-bond acceptors (Lipinski definition) is 5. The van der Waals surface area contributed by atoms with Gasteiger partial charge in [-0.15, -0.1) is 0 Å². The summed E-state index contributed by atoms with van der Waals surface area (Å²) >= 11 is 0. The monoisotopic (exact) mass is 386 g/mol. The fourth-order valence-corrected chi connectivity index (χ4v) is 2.97. The van der Waals surface area contributed by atoms with Crippen molar-refractivity contribution in [3.63, 3.8) is 0 Å². The molecule has 2 amide bonds. The van der Waals surface area contributed by atoms with E-state index in [1.807, 2.05) is 35.4 Å². The number of phenols is 1. The fraction of sp³-hybridized carbons (Fsp3) is 0.350. The van der Waals surface area contributed by atoms with Crippen molar-refractivity contribution in [3.8, 4) is 5.75 Å². The van der Waals surface area contributed by atoms with E-state index in [9.17, 15) is 9.90 Å². The number of benzene rings is 1. The average molecular weight is 386 g/mol. The number of rotatable bonds is 5. The van der Waals surface area contributed by atoms with Crippen molar-refractivity contribution in [1.82, 2.24) is 15.2 Å². The summed E-state index contributed by atoms with van der Waals surface area (Å²) in [6.07, 6.45) is 5.39. The van der Waals surface area contributed by atoms with Crippen LogP contribution in [0.2, 0.25) is 0 Å². The molecule has 1 aromatic heterocycles. The summed E-state index contributed by atoms with van der Waals surface area (Å²) in [6.45, 7) is 3.50. The molecule has 0 aliphatic carbocycles. The van der Waals surface area contributed by atoms with E-state index in [0.717, 1.165) is 50.3 Å². The van der Waals surface area contributed by atoms with Gasteiger partial charge in [-0.3, -0.25) is 9.78 Å². The number of nitrogens with one attached hydrogen (secondary N) is 1. The molecule has 1 aliphatic heterocycles. The molecule has 8 nitrogen and oxygen atoms in total. The quantitative estimate of drug-likeness (QED) is 0.536. The maximum Gasteiger partial charge on any atom is 0.317 e.